The van der Waals surface area contributed by atoms with E-state index in [0.29, 0.717) is 25.2 Å². The number of esters is 1. The predicted molar refractivity (Wildman–Crippen MR) is 57.7 cm³/mol. The molecule has 0 aromatic heterocycles. The van der Waals surface area contributed by atoms with Crippen molar-refractivity contribution in [2.24, 2.45) is 0 Å². The van der Waals surface area contributed by atoms with E-state index >= 15 is 0 Å². The predicted octanol–water partition coefficient (Wildman–Crippen LogP) is 2.23. The first-order valence-corrected chi connectivity index (χ1v) is 5.49. The molecule has 18 heavy (non-hydrogen) atoms. The molecule has 1 heterocycles. The number of benzene rings is 1. The second-order valence-corrected chi connectivity index (χ2v) is 3.79. The van der Waals surface area contributed by atoms with Gasteiger partial charge in [-0.3, -0.25) is 0 Å². The molecule has 0 N–H and O–H groups in total. The normalized spacial score (nSPS) is 18.9. The van der Waals surface area contributed by atoms with Crippen molar-refractivity contribution in [1.29, 1.82) is 0 Å². The highest BCUT2D eigenvalue weighted by Crippen LogP contribution is 2.17. The number of halogens is 2. The lowest BCUT2D eigenvalue weighted by atomic mass is 10.2. The third kappa shape index (κ3) is 3.40. The summed E-state index contributed by atoms with van der Waals surface area (Å²) in [4.78, 5) is 11.7. The van der Waals surface area contributed by atoms with Gasteiger partial charge in [0.1, 0.15) is 11.9 Å². The molecule has 98 valence electrons. The van der Waals surface area contributed by atoms with Crippen LogP contribution in [0.15, 0.2) is 24.3 Å². The molecule has 0 amide bonds. The fourth-order valence-corrected chi connectivity index (χ4v) is 1.60. The second-order valence-electron chi connectivity index (χ2n) is 3.79. The minimum Gasteiger partial charge on any atom is -0.456 e. The molecule has 0 radical (unpaired) electrons. The zero-order chi connectivity index (χ0) is 13.0. The molecule has 4 nitrogen and oxygen atoms in total. The van der Waals surface area contributed by atoms with Crippen molar-refractivity contribution in [2.75, 3.05) is 13.2 Å². The molecule has 1 aromatic carbocycles. The third-order valence-electron chi connectivity index (χ3n) is 2.48. The highest BCUT2D eigenvalue weighted by Gasteiger charge is 2.20. The van der Waals surface area contributed by atoms with Crippen LogP contribution in [0.3, 0.4) is 0 Å². The summed E-state index contributed by atoms with van der Waals surface area (Å²) in [7, 11) is 0. The van der Waals surface area contributed by atoms with Gasteiger partial charge in [-0.15, -0.1) is 0 Å². The Labute approximate surface area is 102 Å². The first kappa shape index (κ1) is 12.8. The molecular weight excluding hydrogens is 246 g/mol. The van der Waals surface area contributed by atoms with Crippen LogP contribution in [-0.2, 0) is 9.47 Å². The zero-order valence-corrected chi connectivity index (χ0v) is 9.47. The van der Waals surface area contributed by atoms with E-state index in [4.69, 9.17) is 9.47 Å². The summed E-state index contributed by atoms with van der Waals surface area (Å²) in [6.07, 6.45) is 0.452. The highest BCUT2D eigenvalue weighted by molar-refractivity contribution is 5.89. The molecule has 0 bridgehead atoms. The van der Waals surface area contributed by atoms with Gasteiger partial charge in [-0.25, -0.2) is 4.79 Å². The van der Waals surface area contributed by atoms with E-state index in [9.17, 15) is 13.6 Å². The molecule has 1 aromatic rings. The van der Waals surface area contributed by atoms with Crippen LogP contribution in [0.25, 0.3) is 0 Å². The van der Waals surface area contributed by atoms with Crippen LogP contribution in [0.4, 0.5) is 8.78 Å². The summed E-state index contributed by atoms with van der Waals surface area (Å²) in [6.45, 7) is -1.89. The van der Waals surface area contributed by atoms with Crippen LogP contribution < -0.4 is 4.74 Å². The Morgan fingerprint density at radius 2 is 2.06 bits per heavy atom. The van der Waals surface area contributed by atoms with Gasteiger partial charge in [0.15, 0.2) is 0 Å². The summed E-state index contributed by atoms with van der Waals surface area (Å²) in [5, 5.41) is 0. The van der Waals surface area contributed by atoms with Crippen molar-refractivity contribution in [3.05, 3.63) is 29.8 Å². The Kier molecular flexibility index (Phi) is 4.09. The van der Waals surface area contributed by atoms with E-state index in [1.54, 1.807) is 0 Å². The largest absolute Gasteiger partial charge is 0.456 e. The topological polar surface area (TPSA) is 44.8 Å². The number of carbonyl (C=O) groups excluding carboxylic acids is 1. The summed E-state index contributed by atoms with van der Waals surface area (Å²) < 4.78 is 38.3. The lowest BCUT2D eigenvalue weighted by Gasteiger charge is -2.10. The van der Waals surface area contributed by atoms with Crippen molar-refractivity contribution < 1.29 is 27.8 Å². The highest BCUT2D eigenvalue weighted by atomic mass is 19.3. The molecule has 1 aliphatic heterocycles. The summed E-state index contributed by atoms with van der Waals surface area (Å²) in [5.41, 5.74) is 0.295. The smallest absolute Gasteiger partial charge is 0.387 e. The molecule has 0 unspecified atom stereocenters. The number of hydrogen-bond acceptors (Lipinski definition) is 4. The molecule has 1 aliphatic rings. The van der Waals surface area contributed by atoms with Crippen molar-refractivity contribution in [3.63, 3.8) is 0 Å². The van der Waals surface area contributed by atoms with Gasteiger partial charge in [-0.1, -0.05) is 0 Å². The molecule has 2 rings (SSSR count). The van der Waals surface area contributed by atoms with Gasteiger partial charge in [-0.05, 0) is 24.3 Å². The van der Waals surface area contributed by atoms with E-state index in [2.05, 4.69) is 4.74 Å². The monoisotopic (exact) mass is 258 g/mol. The molecule has 6 heteroatoms. The summed E-state index contributed by atoms with van der Waals surface area (Å²) >= 11 is 0. The standard InChI is InChI=1S/C12H12F2O4/c13-12(14)18-9-3-1-8(2-4-9)11(15)17-10-5-6-16-7-10/h1-4,10,12H,5-7H2/t10-/m0/s1. The van der Waals surface area contributed by atoms with Gasteiger partial charge in [-0.2, -0.15) is 8.78 Å². The fraction of sp³-hybridized carbons (Fsp3) is 0.417. The van der Waals surface area contributed by atoms with Crippen LogP contribution >= 0.6 is 0 Å². The molecular formula is C12H12F2O4. The van der Waals surface area contributed by atoms with E-state index in [0.717, 1.165) is 0 Å². The van der Waals surface area contributed by atoms with E-state index in [-0.39, 0.29) is 11.9 Å². The van der Waals surface area contributed by atoms with Crippen molar-refractivity contribution in [2.45, 2.75) is 19.1 Å². The minimum absolute atomic E-state index is 0.00532. The van der Waals surface area contributed by atoms with Crippen LogP contribution in [0.1, 0.15) is 16.8 Å². The quantitative estimate of drug-likeness (QED) is 0.777. The van der Waals surface area contributed by atoms with E-state index in [1.807, 2.05) is 0 Å². The zero-order valence-electron chi connectivity index (χ0n) is 9.47. The maximum atomic E-state index is 11.9. The fourth-order valence-electron chi connectivity index (χ4n) is 1.60. The van der Waals surface area contributed by atoms with E-state index in [1.165, 1.54) is 24.3 Å². The average molecular weight is 258 g/mol. The first-order chi connectivity index (χ1) is 8.65. The Hall–Kier alpha value is -1.69. The van der Waals surface area contributed by atoms with Crippen LogP contribution in [0.5, 0.6) is 5.75 Å². The Morgan fingerprint density at radius 3 is 2.61 bits per heavy atom. The molecule has 0 aliphatic carbocycles. The van der Waals surface area contributed by atoms with Crippen LogP contribution in [0.2, 0.25) is 0 Å². The van der Waals surface area contributed by atoms with Gasteiger partial charge in [0.05, 0.1) is 18.8 Å². The third-order valence-corrected chi connectivity index (χ3v) is 2.48. The van der Waals surface area contributed by atoms with Crippen molar-refractivity contribution in [1.82, 2.24) is 0 Å². The summed E-state index contributed by atoms with van der Waals surface area (Å²) in [6, 6.07) is 5.37. The van der Waals surface area contributed by atoms with Crippen molar-refractivity contribution >= 4 is 5.97 Å². The molecule has 0 spiro atoms. The van der Waals surface area contributed by atoms with Crippen LogP contribution in [0, 0.1) is 0 Å². The minimum atomic E-state index is -2.88. The SMILES string of the molecule is O=C(O[C@H]1CCOC1)c1ccc(OC(F)F)cc1. The number of carbonyl (C=O) groups is 1. The molecule has 1 fully saturated rings. The van der Waals surface area contributed by atoms with E-state index < -0.39 is 12.6 Å². The Morgan fingerprint density at radius 1 is 1.33 bits per heavy atom. The van der Waals surface area contributed by atoms with Gasteiger partial charge >= 0.3 is 12.6 Å². The molecule has 0 saturated carbocycles. The summed E-state index contributed by atoms with van der Waals surface area (Å²) in [5.74, 6) is -0.486. The number of rotatable bonds is 4. The van der Waals surface area contributed by atoms with Gasteiger partial charge in [0.25, 0.3) is 0 Å². The molecule has 1 atom stereocenters. The number of hydrogen-bond donors (Lipinski definition) is 0. The van der Waals surface area contributed by atoms with Crippen molar-refractivity contribution in [3.8, 4) is 5.75 Å². The average Bonchev–Trinajstić information content (AvgIpc) is 2.82. The maximum absolute atomic E-state index is 11.9. The van der Waals surface area contributed by atoms with Crippen LogP contribution in [-0.4, -0.2) is 31.9 Å². The first-order valence-electron chi connectivity index (χ1n) is 5.49. The lowest BCUT2D eigenvalue weighted by molar-refractivity contribution is -0.0498. The Balaban J connectivity index is 1.93. The Bertz CT molecular complexity index is 399. The van der Waals surface area contributed by atoms with Gasteiger partial charge in [0, 0.05) is 6.42 Å². The number of ether oxygens (including phenoxy) is 3. The second kappa shape index (κ2) is 5.77. The maximum Gasteiger partial charge on any atom is 0.387 e. The van der Waals surface area contributed by atoms with Gasteiger partial charge < -0.3 is 14.2 Å². The number of alkyl halides is 2. The lowest BCUT2D eigenvalue weighted by Crippen LogP contribution is -2.18. The van der Waals surface area contributed by atoms with Gasteiger partial charge in [0.2, 0.25) is 0 Å². The molecule has 1 saturated heterocycles.